The fourth-order valence-electron chi connectivity index (χ4n) is 3.73. The Balaban J connectivity index is 1.75. The molecule has 29 heavy (non-hydrogen) atoms. The van der Waals surface area contributed by atoms with Crippen LogP contribution in [0.3, 0.4) is 0 Å². The lowest BCUT2D eigenvalue weighted by Crippen LogP contribution is -2.33. The number of carbonyl (C=O) groups excluding carboxylic acids is 1. The number of rotatable bonds is 7. The fourth-order valence-corrected chi connectivity index (χ4v) is 3.73. The highest BCUT2D eigenvalue weighted by Crippen LogP contribution is 2.38. The summed E-state index contributed by atoms with van der Waals surface area (Å²) < 4.78 is 10.8. The summed E-state index contributed by atoms with van der Waals surface area (Å²) in [4.78, 5) is 25.5. The highest BCUT2D eigenvalue weighted by atomic mass is 16.6. The first-order valence-electron chi connectivity index (χ1n) is 9.43. The molecule has 0 spiro atoms. The van der Waals surface area contributed by atoms with Crippen molar-refractivity contribution in [3.63, 3.8) is 0 Å². The van der Waals surface area contributed by atoms with Gasteiger partial charge in [0.1, 0.15) is 17.2 Å². The summed E-state index contributed by atoms with van der Waals surface area (Å²) in [5, 5.41) is 14.0. The van der Waals surface area contributed by atoms with Gasteiger partial charge in [-0.3, -0.25) is 19.8 Å². The van der Waals surface area contributed by atoms with E-state index in [0.717, 1.165) is 36.3 Å². The van der Waals surface area contributed by atoms with Crippen molar-refractivity contribution in [2.75, 3.05) is 32.6 Å². The zero-order valence-corrected chi connectivity index (χ0v) is 16.8. The number of amides is 1. The van der Waals surface area contributed by atoms with Gasteiger partial charge in [-0.05, 0) is 44.0 Å². The molecule has 0 aromatic heterocycles. The quantitative estimate of drug-likeness (QED) is 0.564. The van der Waals surface area contributed by atoms with E-state index in [-0.39, 0.29) is 29.9 Å². The number of carbonyl (C=O) groups is 1. The molecule has 2 aromatic carbocycles. The van der Waals surface area contributed by atoms with Crippen LogP contribution >= 0.6 is 0 Å². The summed E-state index contributed by atoms with van der Waals surface area (Å²) in [5.74, 6) is 1.15. The molecule has 1 saturated heterocycles. The number of nitro benzene ring substituents is 1. The third-order valence-corrected chi connectivity index (χ3v) is 5.13. The van der Waals surface area contributed by atoms with Crippen molar-refractivity contribution in [2.24, 2.45) is 0 Å². The Bertz CT molecular complexity index is 915. The van der Waals surface area contributed by atoms with Gasteiger partial charge in [-0.15, -0.1) is 0 Å². The maximum Gasteiger partial charge on any atom is 0.293 e. The summed E-state index contributed by atoms with van der Waals surface area (Å²) >= 11 is 0. The number of nitrogens with one attached hydrogen (secondary N) is 1. The highest BCUT2D eigenvalue weighted by molar-refractivity contribution is 5.94. The minimum atomic E-state index is -0.483. The molecule has 8 heteroatoms. The Labute approximate surface area is 169 Å². The first-order chi connectivity index (χ1) is 13.9. The molecule has 1 atom stereocenters. The third-order valence-electron chi connectivity index (χ3n) is 5.13. The second-order valence-corrected chi connectivity index (χ2v) is 7.06. The van der Waals surface area contributed by atoms with Gasteiger partial charge in [-0.25, -0.2) is 0 Å². The molecule has 1 aliphatic rings. The zero-order chi connectivity index (χ0) is 21.0. The molecule has 154 valence electrons. The first kappa shape index (κ1) is 20.6. The van der Waals surface area contributed by atoms with Crippen molar-refractivity contribution >= 4 is 17.3 Å². The topological polar surface area (TPSA) is 93.9 Å². The first-order valence-corrected chi connectivity index (χ1v) is 9.43. The number of nitrogens with zero attached hydrogens (tertiary/aromatic N) is 2. The Hall–Kier alpha value is -3.13. The van der Waals surface area contributed by atoms with Gasteiger partial charge in [0.2, 0.25) is 5.91 Å². The molecule has 1 aliphatic heterocycles. The maximum atomic E-state index is 12.6. The van der Waals surface area contributed by atoms with Crippen molar-refractivity contribution in [2.45, 2.75) is 25.8 Å². The van der Waals surface area contributed by atoms with Gasteiger partial charge in [0, 0.05) is 23.7 Å². The van der Waals surface area contributed by atoms with Crippen LogP contribution < -0.4 is 14.8 Å². The lowest BCUT2D eigenvalue weighted by Gasteiger charge is -2.25. The van der Waals surface area contributed by atoms with Crippen LogP contribution in [-0.4, -0.2) is 43.0 Å². The number of likely N-dealkylation sites (tertiary alicyclic amines) is 1. The van der Waals surface area contributed by atoms with Crippen LogP contribution in [0.1, 0.15) is 30.0 Å². The third kappa shape index (κ3) is 4.65. The second-order valence-electron chi connectivity index (χ2n) is 7.06. The highest BCUT2D eigenvalue weighted by Gasteiger charge is 2.30. The molecule has 0 aliphatic carbocycles. The average molecular weight is 399 g/mol. The van der Waals surface area contributed by atoms with Crippen LogP contribution in [0.4, 0.5) is 11.4 Å². The van der Waals surface area contributed by atoms with Crippen LogP contribution in [0.2, 0.25) is 0 Å². The van der Waals surface area contributed by atoms with E-state index in [1.165, 1.54) is 6.07 Å². The van der Waals surface area contributed by atoms with Gasteiger partial charge >= 0.3 is 0 Å². The van der Waals surface area contributed by atoms with Gasteiger partial charge in [0.05, 0.1) is 25.7 Å². The monoisotopic (exact) mass is 399 g/mol. The number of anilines is 1. The number of methoxy groups -OCH3 is 2. The molecular formula is C21H25N3O5. The van der Waals surface area contributed by atoms with E-state index in [1.54, 1.807) is 33.3 Å². The molecule has 0 radical (unpaired) electrons. The van der Waals surface area contributed by atoms with Gasteiger partial charge in [-0.2, -0.15) is 0 Å². The molecular weight excluding hydrogens is 374 g/mol. The van der Waals surface area contributed by atoms with Crippen molar-refractivity contribution in [1.82, 2.24) is 4.90 Å². The van der Waals surface area contributed by atoms with Crippen LogP contribution in [0.15, 0.2) is 36.4 Å². The standard InChI is InChI=1S/C21H25N3O5/c1-14-6-9-17(19(11-14)24(26)27)22-21(25)13-23-10-4-5-18(23)16-8-7-15(28-2)12-20(16)29-3/h6-9,11-12,18H,4-5,10,13H2,1-3H3,(H,22,25). The molecule has 8 nitrogen and oxygen atoms in total. The zero-order valence-electron chi connectivity index (χ0n) is 16.8. The maximum absolute atomic E-state index is 12.6. The van der Waals surface area contributed by atoms with Crippen LogP contribution in [0, 0.1) is 17.0 Å². The molecule has 0 saturated carbocycles. The van der Waals surface area contributed by atoms with E-state index in [9.17, 15) is 14.9 Å². The molecule has 3 rings (SSSR count). The Morgan fingerprint density at radius 2 is 2.03 bits per heavy atom. The van der Waals surface area contributed by atoms with Gasteiger partial charge in [0.25, 0.3) is 5.69 Å². The summed E-state index contributed by atoms with van der Waals surface area (Å²) in [6.07, 6.45) is 1.86. The molecule has 1 amide bonds. The number of hydrogen-bond donors (Lipinski definition) is 1. The van der Waals surface area contributed by atoms with Crippen molar-refractivity contribution in [3.8, 4) is 11.5 Å². The van der Waals surface area contributed by atoms with Gasteiger partial charge in [-0.1, -0.05) is 12.1 Å². The number of hydrogen-bond acceptors (Lipinski definition) is 6. The lowest BCUT2D eigenvalue weighted by molar-refractivity contribution is -0.384. The molecule has 0 bridgehead atoms. The fraction of sp³-hybridized carbons (Fsp3) is 0.381. The molecule has 1 heterocycles. The van der Waals surface area contributed by atoms with E-state index in [1.807, 2.05) is 18.2 Å². The minimum Gasteiger partial charge on any atom is -0.497 e. The lowest BCUT2D eigenvalue weighted by atomic mass is 10.0. The predicted octanol–water partition coefficient (Wildman–Crippen LogP) is 3.70. The molecule has 2 aromatic rings. The van der Waals surface area contributed by atoms with E-state index in [2.05, 4.69) is 10.2 Å². The normalized spacial score (nSPS) is 16.4. The van der Waals surface area contributed by atoms with Gasteiger partial charge < -0.3 is 14.8 Å². The average Bonchev–Trinajstić information content (AvgIpc) is 3.16. The summed E-state index contributed by atoms with van der Waals surface area (Å²) in [7, 11) is 3.21. The smallest absolute Gasteiger partial charge is 0.293 e. The van der Waals surface area contributed by atoms with E-state index in [4.69, 9.17) is 9.47 Å². The molecule has 1 N–H and O–H groups in total. The Morgan fingerprint density at radius 1 is 1.24 bits per heavy atom. The Kier molecular flexibility index (Phi) is 6.33. The van der Waals surface area contributed by atoms with E-state index < -0.39 is 4.92 Å². The predicted molar refractivity (Wildman–Crippen MR) is 110 cm³/mol. The van der Waals surface area contributed by atoms with Crippen molar-refractivity contribution < 1.29 is 19.2 Å². The molecule has 1 fully saturated rings. The summed E-state index contributed by atoms with van der Waals surface area (Å²) in [6.45, 7) is 2.68. The van der Waals surface area contributed by atoms with E-state index in [0.29, 0.717) is 5.75 Å². The summed E-state index contributed by atoms with van der Waals surface area (Å²) in [5.41, 5.74) is 1.87. The van der Waals surface area contributed by atoms with Crippen molar-refractivity contribution in [1.29, 1.82) is 0 Å². The van der Waals surface area contributed by atoms with Crippen molar-refractivity contribution in [3.05, 3.63) is 57.6 Å². The number of aryl methyl sites for hydroxylation is 1. The SMILES string of the molecule is COc1ccc(C2CCCN2CC(=O)Nc2ccc(C)cc2[N+](=O)[O-])c(OC)c1. The number of nitro groups is 1. The molecule has 1 unspecified atom stereocenters. The Morgan fingerprint density at radius 3 is 2.72 bits per heavy atom. The van der Waals surface area contributed by atoms with Crippen LogP contribution in [0.5, 0.6) is 11.5 Å². The van der Waals surface area contributed by atoms with Gasteiger partial charge in [0.15, 0.2) is 0 Å². The minimum absolute atomic E-state index is 0.0367. The second kappa shape index (κ2) is 8.91. The van der Waals surface area contributed by atoms with Crippen LogP contribution in [-0.2, 0) is 4.79 Å². The number of ether oxygens (including phenoxy) is 2. The summed E-state index contributed by atoms with van der Waals surface area (Å²) in [6, 6.07) is 10.5. The largest absolute Gasteiger partial charge is 0.497 e. The number of benzene rings is 2. The van der Waals surface area contributed by atoms with E-state index >= 15 is 0 Å². The van der Waals surface area contributed by atoms with Crippen LogP contribution in [0.25, 0.3) is 0 Å².